The normalized spacial score (nSPS) is 18.3. The summed E-state index contributed by atoms with van der Waals surface area (Å²) in [6.07, 6.45) is 0. The van der Waals surface area contributed by atoms with Gasteiger partial charge in [0.25, 0.3) is 0 Å². The summed E-state index contributed by atoms with van der Waals surface area (Å²) in [7, 11) is 1.45. The van der Waals surface area contributed by atoms with Crippen molar-refractivity contribution in [1.29, 1.82) is 0 Å². The molecule has 2 aliphatic rings. The predicted octanol–water partition coefficient (Wildman–Crippen LogP) is 6.72. The van der Waals surface area contributed by atoms with Crippen molar-refractivity contribution in [3.8, 4) is 11.5 Å². The number of methoxy groups -OCH3 is 1. The molecule has 4 aromatic carbocycles. The Hall–Kier alpha value is -4.31. The Morgan fingerprint density at radius 2 is 1.35 bits per heavy atom. The molecular formula is C30H23NO3. The molecule has 0 aromatic heterocycles. The molecule has 0 amide bonds. The van der Waals surface area contributed by atoms with Crippen molar-refractivity contribution in [2.24, 2.45) is 0 Å². The molecule has 34 heavy (non-hydrogen) atoms. The Labute approximate surface area is 198 Å². The van der Waals surface area contributed by atoms with Gasteiger partial charge in [0.05, 0.1) is 30.5 Å². The maximum absolute atomic E-state index is 13.5. The van der Waals surface area contributed by atoms with Crippen LogP contribution in [0.4, 0.5) is 5.69 Å². The van der Waals surface area contributed by atoms with Crippen LogP contribution in [0.3, 0.4) is 0 Å². The quantitative estimate of drug-likeness (QED) is 0.328. The second kappa shape index (κ2) is 8.23. The molecule has 0 saturated carbocycles. The van der Waals surface area contributed by atoms with E-state index in [0.29, 0.717) is 5.57 Å². The van der Waals surface area contributed by atoms with E-state index in [-0.39, 0.29) is 18.1 Å². The number of nitrogens with zero attached hydrogens (tertiary/aromatic N) is 1. The molecule has 166 valence electrons. The number of para-hydroxylation sites is 3. The van der Waals surface area contributed by atoms with Crippen LogP contribution in [0.15, 0.2) is 115 Å². The fourth-order valence-electron chi connectivity index (χ4n) is 5.21. The SMILES string of the molecule is COC(=O)C1=C(c2ccccc2)[C@@H]2c3ccccc3Oc3ccccc3N2[C@@H]1c1ccccc1. The van der Waals surface area contributed by atoms with E-state index in [1.807, 2.05) is 72.8 Å². The second-order valence-corrected chi connectivity index (χ2v) is 8.42. The summed E-state index contributed by atoms with van der Waals surface area (Å²) in [5.74, 6) is 1.22. The maximum atomic E-state index is 13.5. The van der Waals surface area contributed by atoms with E-state index >= 15 is 0 Å². The van der Waals surface area contributed by atoms with Crippen molar-refractivity contribution in [3.63, 3.8) is 0 Å². The lowest BCUT2D eigenvalue weighted by Crippen LogP contribution is -2.29. The zero-order valence-corrected chi connectivity index (χ0v) is 18.7. The number of ether oxygens (including phenoxy) is 2. The molecule has 0 radical (unpaired) electrons. The number of hydrogen-bond acceptors (Lipinski definition) is 4. The average Bonchev–Trinajstić information content (AvgIpc) is 3.18. The molecule has 2 aliphatic heterocycles. The lowest BCUT2D eigenvalue weighted by atomic mass is 9.90. The monoisotopic (exact) mass is 445 g/mol. The van der Waals surface area contributed by atoms with Crippen LogP contribution in [0.25, 0.3) is 5.57 Å². The molecule has 0 N–H and O–H groups in total. The summed E-state index contributed by atoms with van der Waals surface area (Å²) >= 11 is 0. The van der Waals surface area contributed by atoms with Crippen LogP contribution in [-0.4, -0.2) is 13.1 Å². The highest BCUT2D eigenvalue weighted by atomic mass is 16.5. The zero-order chi connectivity index (χ0) is 23.1. The number of benzene rings is 4. The van der Waals surface area contributed by atoms with E-state index in [2.05, 4.69) is 41.3 Å². The Morgan fingerprint density at radius 1 is 0.735 bits per heavy atom. The van der Waals surface area contributed by atoms with Gasteiger partial charge in [-0.25, -0.2) is 4.79 Å². The predicted molar refractivity (Wildman–Crippen MR) is 133 cm³/mol. The van der Waals surface area contributed by atoms with Crippen LogP contribution in [0.5, 0.6) is 11.5 Å². The molecule has 6 rings (SSSR count). The minimum absolute atomic E-state index is 0.235. The largest absolute Gasteiger partial charge is 0.466 e. The number of anilines is 1. The van der Waals surface area contributed by atoms with Gasteiger partial charge in [-0.1, -0.05) is 91.0 Å². The molecule has 4 heteroatoms. The second-order valence-electron chi connectivity index (χ2n) is 8.42. The Balaban J connectivity index is 1.73. The van der Waals surface area contributed by atoms with Gasteiger partial charge in [-0.05, 0) is 34.9 Å². The van der Waals surface area contributed by atoms with Crippen molar-refractivity contribution in [1.82, 2.24) is 0 Å². The minimum Gasteiger partial charge on any atom is -0.466 e. The van der Waals surface area contributed by atoms with Gasteiger partial charge in [-0.2, -0.15) is 0 Å². The molecule has 0 aliphatic carbocycles. The lowest BCUT2D eigenvalue weighted by molar-refractivity contribution is -0.136. The fourth-order valence-corrected chi connectivity index (χ4v) is 5.21. The Kier molecular flexibility index (Phi) is 4.92. The number of carbonyl (C=O) groups excluding carboxylic acids is 1. The van der Waals surface area contributed by atoms with Crippen LogP contribution in [-0.2, 0) is 9.53 Å². The van der Waals surface area contributed by atoms with Gasteiger partial charge in [-0.3, -0.25) is 0 Å². The standard InChI is InChI=1S/C30H23NO3/c1-33-30(32)27-26(20-12-4-2-5-13-20)29-22-16-8-10-18-24(22)34-25-19-11-9-17-23(25)31(29)28(27)21-14-6-3-7-15-21/h2-19,28-29H,1H3/t28-,29+/m1/s1. The molecule has 0 spiro atoms. The Bertz CT molecular complexity index is 1400. The lowest BCUT2D eigenvalue weighted by Gasteiger charge is -2.34. The van der Waals surface area contributed by atoms with Crippen molar-refractivity contribution in [2.75, 3.05) is 12.0 Å². The molecule has 2 atom stereocenters. The first-order valence-electron chi connectivity index (χ1n) is 11.3. The average molecular weight is 446 g/mol. The van der Waals surface area contributed by atoms with Gasteiger partial charge >= 0.3 is 5.97 Å². The van der Waals surface area contributed by atoms with Crippen LogP contribution < -0.4 is 9.64 Å². The summed E-state index contributed by atoms with van der Waals surface area (Å²) in [5.41, 5.74) is 5.55. The van der Waals surface area contributed by atoms with E-state index < -0.39 is 0 Å². The Morgan fingerprint density at radius 3 is 2.09 bits per heavy atom. The third-order valence-electron chi connectivity index (χ3n) is 6.58. The van der Waals surface area contributed by atoms with E-state index in [1.165, 1.54) is 7.11 Å². The highest BCUT2D eigenvalue weighted by Gasteiger charge is 2.48. The topological polar surface area (TPSA) is 38.8 Å². The number of fused-ring (bicyclic) bond motifs is 5. The summed E-state index contributed by atoms with van der Waals surface area (Å²) in [4.78, 5) is 15.8. The summed E-state index contributed by atoms with van der Waals surface area (Å²) in [6.45, 7) is 0. The van der Waals surface area contributed by atoms with E-state index in [4.69, 9.17) is 9.47 Å². The van der Waals surface area contributed by atoms with Crippen LogP contribution in [0, 0.1) is 0 Å². The van der Waals surface area contributed by atoms with Gasteiger partial charge in [0.2, 0.25) is 0 Å². The number of carbonyl (C=O) groups is 1. The molecular weight excluding hydrogens is 422 g/mol. The van der Waals surface area contributed by atoms with Gasteiger partial charge in [-0.15, -0.1) is 0 Å². The third-order valence-corrected chi connectivity index (χ3v) is 6.58. The molecule has 0 bridgehead atoms. The molecule has 2 heterocycles. The molecule has 4 aromatic rings. The van der Waals surface area contributed by atoms with Crippen LogP contribution in [0.2, 0.25) is 0 Å². The third kappa shape index (κ3) is 3.11. The van der Waals surface area contributed by atoms with E-state index in [9.17, 15) is 4.79 Å². The van der Waals surface area contributed by atoms with Crippen LogP contribution >= 0.6 is 0 Å². The summed E-state index contributed by atoms with van der Waals surface area (Å²) in [5, 5.41) is 0. The highest BCUT2D eigenvalue weighted by Crippen LogP contribution is 2.59. The zero-order valence-electron chi connectivity index (χ0n) is 18.7. The first-order chi connectivity index (χ1) is 16.8. The van der Waals surface area contributed by atoms with Gasteiger partial charge in [0.1, 0.15) is 5.75 Å². The number of esters is 1. The molecule has 0 fully saturated rings. The molecule has 0 saturated heterocycles. The van der Waals surface area contributed by atoms with Gasteiger partial charge in [0, 0.05) is 5.56 Å². The first kappa shape index (κ1) is 20.3. The molecule has 4 nitrogen and oxygen atoms in total. The first-order valence-corrected chi connectivity index (χ1v) is 11.3. The number of rotatable bonds is 3. The van der Waals surface area contributed by atoms with Gasteiger partial charge < -0.3 is 14.4 Å². The minimum atomic E-state index is -0.343. The number of hydrogen-bond donors (Lipinski definition) is 0. The van der Waals surface area contributed by atoms with Crippen LogP contribution in [0.1, 0.15) is 28.8 Å². The van der Waals surface area contributed by atoms with E-state index in [1.54, 1.807) is 0 Å². The highest BCUT2D eigenvalue weighted by molar-refractivity contribution is 6.04. The summed E-state index contributed by atoms with van der Waals surface area (Å²) in [6, 6.07) is 35.8. The van der Waals surface area contributed by atoms with Crippen molar-refractivity contribution in [2.45, 2.75) is 12.1 Å². The van der Waals surface area contributed by atoms with E-state index in [0.717, 1.165) is 39.4 Å². The van der Waals surface area contributed by atoms with Crippen molar-refractivity contribution in [3.05, 3.63) is 131 Å². The fraction of sp³-hybridized carbons (Fsp3) is 0.100. The maximum Gasteiger partial charge on any atom is 0.336 e. The molecule has 0 unspecified atom stereocenters. The van der Waals surface area contributed by atoms with Gasteiger partial charge in [0.15, 0.2) is 5.75 Å². The summed E-state index contributed by atoms with van der Waals surface area (Å²) < 4.78 is 11.8. The van der Waals surface area contributed by atoms with Crippen molar-refractivity contribution < 1.29 is 14.3 Å². The smallest absolute Gasteiger partial charge is 0.336 e. The van der Waals surface area contributed by atoms with Crippen molar-refractivity contribution >= 4 is 17.2 Å².